The minimum atomic E-state index is -0.0631. The van der Waals surface area contributed by atoms with Crippen molar-refractivity contribution in [3.63, 3.8) is 0 Å². The van der Waals surface area contributed by atoms with Gasteiger partial charge in [-0.1, -0.05) is 54.6 Å². The highest BCUT2D eigenvalue weighted by Gasteiger charge is 2.41. The standard InChI is InChI=1S/C15H15N/c16-15(10-11-15)14-9-5-4-8-13(14)12-6-2-1-3-7-12/h1-9H,10-11,16H2. The van der Waals surface area contributed by atoms with Crippen molar-refractivity contribution in [2.24, 2.45) is 5.73 Å². The Bertz CT molecular complexity index is 498. The monoisotopic (exact) mass is 209 g/mol. The van der Waals surface area contributed by atoms with E-state index in [9.17, 15) is 0 Å². The molecule has 0 atom stereocenters. The van der Waals surface area contributed by atoms with Gasteiger partial charge in [0.15, 0.2) is 0 Å². The lowest BCUT2D eigenvalue weighted by atomic mass is 9.94. The Kier molecular flexibility index (Phi) is 2.08. The van der Waals surface area contributed by atoms with E-state index in [4.69, 9.17) is 5.73 Å². The summed E-state index contributed by atoms with van der Waals surface area (Å²) in [6.45, 7) is 0. The maximum atomic E-state index is 6.31. The molecule has 0 spiro atoms. The summed E-state index contributed by atoms with van der Waals surface area (Å²) in [6.07, 6.45) is 2.22. The molecule has 1 heteroatoms. The molecule has 2 aromatic carbocycles. The summed E-state index contributed by atoms with van der Waals surface area (Å²) in [5, 5.41) is 0. The SMILES string of the molecule is NC1(c2ccccc2-c2ccccc2)CC1. The van der Waals surface area contributed by atoms with Gasteiger partial charge in [0.05, 0.1) is 0 Å². The Morgan fingerprint density at radius 3 is 2.12 bits per heavy atom. The number of nitrogens with two attached hydrogens (primary N) is 1. The molecule has 0 heterocycles. The molecule has 2 aromatic rings. The third-order valence-corrected chi connectivity index (χ3v) is 3.34. The molecule has 1 aliphatic rings. The normalized spacial score (nSPS) is 17.1. The Morgan fingerprint density at radius 1 is 0.812 bits per heavy atom. The Hall–Kier alpha value is -1.60. The molecular weight excluding hydrogens is 194 g/mol. The molecule has 1 saturated carbocycles. The van der Waals surface area contributed by atoms with Crippen LogP contribution in [0.2, 0.25) is 0 Å². The van der Waals surface area contributed by atoms with Crippen LogP contribution in [0.15, 0.2) is 54.6 Å². The van der Waals surface area contributed by atoms with Gasteiger partial charge in [-0.05, 0) is 29.5 Å². The summed E-state index contributed by atoms with van der Waals surface area (Å²) in [7, 11) is 0. The molecule has 3 rings (SSSR count). The Labute approximate surface area is 95.9 Å². The van der Waals surface area contributed by atoms with Crippen LogP contribution in [-0.4, -0.2) is 0 Å². The van der Waals surface area contributed by atoms with E-state index in [1.54, 1.807) is 0 Å². The molecule has 0 bridgehead atoms. The maximum Gasteiger partial charge on any atom is 0.0417 e. The molecule has 80 valence electrons. The van der Waals surface area contributed by atoms with Crippen LogP contribution in [0.5, 0.6) is 0 Å². The van der Waals surface area contributed by atoms with Gasteiger partial charge in [-0.25, -0.2) is 0 Å². The van der Waals surface area contributed by atoms with E-state index in [0.29, 0.717) is 0 Å². The van der Waals surface area contributed by atoms with Crippen LogP contribution in [0.1, 0.15) is 18.4 Å². The number of benzene rings is 2. The van der Waals surface area contributed by atoms with Gasteiger partial charge in [0, 0.05) is 5.54 Å². The quantitative estimate of drug-likeness (QED) is 0.806. The van der Waals surface area contributed by atoms with E-state index < -0.39 is 0 Å². The molecule has 0 saturated heterocycles. The van der Waals surface area contributed by atoms with E-state index in [1.807, 2.05) is 6.07 Å². The molecule has 0 aromatic heterocycles. The fourth-order valence-corrected chi connectivity index (χ4v) is 2.19. The number of rotatable bonds is 2. The summed E-state index contributed by atoms with van der Waals surface area (Å²) in [5.41, 5.74) is 10.1. The maximum absolute atomic E-state index is 6.31. The van der Waals surface area contributed by atoms with Gasteiger partial charge in [-0.2, -0.15) is 0 Å². The molecule has 1 nitrogen and oxygen atoms in total. The fourth-order valence-electron chi connectivity index (χ4n) is 2.19. The van der Waals surface area contributed by atoms with Gasteiger partial charge in [-0.15, -0.1) is 0 Å². The second-order valence-electron chi connectivity index (χ2n) is 4.57. The van der Waals surface area contributed by atoms with Crippen molar-refractivity contribution in [3.8, 4) is 11.1 Å². The van der Waals surface area contributed by atoms with Gasteiger partial charge in [0.2, 0.25) is 0 Å². The lowest BCUT2D eigenvalue weighted by Gasteiger charge is -2.15. The zero-order valence-electron chi connectivity index (χ0n) is 9.19. The average molecular weight is 209 g/mol. The van der Waals surface area contributed by atoms with Crippen LogP contribution in [0.25, 0.3) is 11.1 Å². The zero-order valence-corrected chi connectivity index (χ0v) is 9.19. The van der Waals surface area contributed by atoms with Crippen LogP contribution in [0, 0.1) is 0 Å². The lowest BCUT2D eigenvalue weighted by molar-refractivity contribution is 0.742. The minimum absolute atomic E-state index is 0.0631. The topological polar surface area (TPSA) is 26.0 Å². The first-order valence-corrected chi connectivity index (χ1v) is 5.73. The second kappa shape index (κ2) is 3.46. The van der Waals surface area contributed by atoms with Crippen molar-refractivity contribution in [2.45, 2.75) is 18.4 Å². The smallest absolute Gasteiger partial charge is 0.0417 e. The van der Waals surface area contributed by atoms with E-state index in [2.05, 4.69) is 48.5 Å². The molecule has 0 radical (unpaired) electrons. The van der Waals surface area contributed by atoms with Crippen LogP contribution in [0.4, 0.5) is 0 Å². The van der Waals surface area contributed by atoms with Crippen molar-refractivity contribution < 1.29 is 0 Å². The second-order valence-corrected chi connectivity index (χ2v) is 4.57. The highest BCUT2D eigenvalue weighted by molar-refractivity contribution is 5.69. The summed E-state index contributed by atoms with van der Waals surface area (Å²) >= 11 is 0. The third-order valence-electron chi connectivity index (χ3n) is 3.34. The van der Waals surface area contributed by atoms with Crippen LogP contribution in [0.3, 0.4) is 0 Å². The summed E-state index contributed by atoms with van der Waals surface area (Å²) in [6, 6.07) is 19.0. The molecule has 0 aliphatic heterocycles. The van der Waals surface area contributed by atoms with E-state index >= 15 is 0 Å². The molecular formula is C15H15N. The molecule has 1 aliphatic carbocycles. The lowest BCUT2D eigenvalue weighted by Crippen LogP contribution is -2.19. The van der Waals surface area contributed by atoms with E-state index in [0.717, 1.165) is 12.8 Å². The van der Waals surface area contributed by atoms with E-state index in [-0.39, 0.29) is 5.54 Å². The summed E-state index contributed by atoms with van der Waals surface area (Å²) in [5.74, 6) is 0. The van der Waals surface area contributed by atoms with Crippen molar-refractivity contribution in [1.29, 1.82) is 0 Å². The van der Waals surface area contributed by atoms with Crippen molar-refractivity contribution >= 4 is 0 Å². The Morgan fingerprint density at radius 2 is 1.44 bits per heavy atom. The highest BCUT2D eigenvalue weighted by Crippen LogP contribution is 2.46. The first-order chi connectivity index (χ1) is 7.80. The fraction of sp³-hybridized carbons (Fsp3) is 0.200. The van der Waals surface area contributed by atoms with Crippen molar-refractivity contribution in [3.05, 3.63) is 60.2 Å². The van der Waals surface area contributed by atoms with Gasteiger partial charge >= 0.3 is 0 Å². The highest BCUT2D eigenvalue weighted by atomic mass is 14.8. The first-order valence-electron chi connectivity index (χ1n) is 5.73. The summed E-state index contributed by atoms with van der Waals surface area (Å²) in [4.78, 5) is 0. The van der Waals surface area contributed by atoms with Crippen LogP contribution in [-0.2, 0) is 5.54 Å². The van der Waals surface area contributed by atoms with Gasteiger partial charge in [-0.3, -0.25) is 0 Å². The third kappa shape index (κ3) is 1.54. The molecule has 0 unspecified atom stereocenters. The van der Waals surface area contributed by atoms with Crippen LogP contribution < -0.4 is 5.73 Å². The first kappa shape index (κ1) is 9.61. The van der Waals surface area contributed by atoms with E-state index in [1.165, 1.54) is 16.7 Å². The van der Waals surface area contributed by atoms with Gasteiger partial charge in [0.1, 0.15) is 0 Å². The van der Waals surface area contributed by atoms with Crippen molar-refractivity contribution in [2.75, 3.05) is 0 Å². The minimum Gasteiger partial charge on any atom is -0.321 e. The predicted octanol–water partition coefficient (Wildman–Crippen LogP) is 3.30. The number of hydrogen-bond acceptors (Lipinski definition) is 1. The molecule has 16 heavy (non-hydrogen) atoms. The average Bonchev–Trinajstić information content (AvgIpc) is 3.10. The zero-order chi connectivity index (χ0) is 11.0. The van der Waals surface area contributed by atoms with Gasteiger partial charge < -0.3 is 5.73 Å². The molecule has 0 amide bonds. The van der Waals surface area contributed by atoms with Crippen molar-refractivity contribution in [1.82, 2.24) is 0 Å². The molecule has 2 N–H and O–H groups in total. The Balaban J connectivity index is 2.14. The predicted molar refractivity (Wildman–Crippen MR) is 67.0 cm³/mol. The summed E-state index contributed by atoms with van der Waals surface area (Å²) < 4.78 is 0. The van der Waals surface area contributed by atoms with Gasteiger partial charge in [0.25, 0.3) is 0 Å². The van der Waals surface area contributed by atoms with Crippen LogP contribution >= 0.6 is 0 Å². The number of hydrogen-bond donors (Lipinski definition) is 1. The largest absolute Gasteiger partial charge is 0.321 e. The molecule has 1 fully saturated rings.